The fourth-order valence-electron chi connectivity index (χ4n) is 10.6. The molecule has 0 radical (unpaired) electrons. The van der Waals surface area contributed by atoms with Crippen LogP contribution in [0.4, 0.5) is 34.1 Å². The number of aromatic nitrogens is 1. The lowest BCUT2D eigenvalue weighted by Crippen LogP contribution is -2.49. The molecule has 0 unspecified atom stereocenters. The Morgan fingerprint density at radius 3 is 1.55 bits per heavy atom. The molecule has 2 aromatic heterocycles. The second-order valence-corrected chi connectivity index (χ2v) is 23.2. The molecular weight excluding hydrogens is 823 g/mol. The van der Waals surface area contributed by atoms with Gasteiger partial charge in [0.05, 0.1) is 11.0 Å². The van der Waals surface area contributed by atoms with Crippen molar-refractivity contribution in [2.75, 3.05) is 9.80 Å². The quantitative estimate of drug-likeness (QED) is 0.148. The van der Waals surface area contributed by atoms with Gasteiger partial charge in [-0.25, -0.2) is 0 Å². The lowest BCUT2D eigenvalue weighted by atomic mass is 10.0. The van der Waals surface area contributed by atoms with Crippen molar-refractivity contribution in [1.29, 1.82) is 0 Å². The second kappa shape index (κ2) is 14.7. The minimum absolute atomic E-state index is 1.11. The van der Waals surface area contributed by atoms with Crippen LogP contribution in [0.25, 0.3) is 69.6 Å². The van der Waals surface area contributed by atoms with E-state index in [-0.39, 0.29) is 0 Å². The third-order valence-electron chi connectivity index (χ3n) is 13.7. The van der Waals surface area contributed by atoms with Gasteiger partial charge < -0.3 is 14.4 Å². The number of rotatable bonds is 7. The third kappa shape index (κ3) is 6.00. The molecule has 0 N–H and O–H groups in total. The molecule has 0 aliphatic carbocycles. The van der Waals surface area contributed by atoms with Crippen LogP contribution in [0, 0.1) is 0 Å². The number of hydrogen-bond donors (Lipinski definition) is 0. The van der Waals surface area contributed by atoms with E-state index < -0.39 is 8.07 Å². The van der Waals surface area contributed by atoms with Crippen molar-refractivity contribution in [2.45, 2.75) is 13.1 Å². The summed E-state index contributed by atoms with van der Waals surface area (Å²) >= 11 is 1.87. The zero-order valence-corrected chi connectivity index (χ0v) is 37.9. The Morgan fingerprint density at radius 1 is 0.354 bits per heavy atom. The Hall–Kier alpha value is -7.70. The average molecular weight is 866 g/mol. The van der Waals surface area contributed by atoms with Gasteiger partial charge in [0.2, 0.25) is 0 Å². The van der Waals surface area contributed by atoms with Crippen LogP contribution in [0.1, 0.15) is 0 Å². The molecule has 0 spiro atoms. The number of nitrogens with zero attached hydrogens (tertiary/aromatic N) is 3. The van der Waals surface area contributed by atoms with Gasteiger partial charge >= 0.3 is 0 Å². The molecule has 12 aromatic rings. The smallest absolute Gasteiger partial charge is 0.113 e. The van der Waals surface area contributed by atoms with Crippen LogP contribution in [0.3, 0.4) is 0 Å². The lowest BCUT2D eigenvalue weighted by molar-refractivity contribution is 1.18. The van der Waals surface area contributed by atoms with E-state index >= 15 is 0 Å². The van der Waals surface area contributed by atoms with Gasteiger partial charge in [0.1, 0.15) is 8.07 Å². The van der Waals surface area contributed by atoms with Crippen LogP contribution < -0.4 is 20.2 Å². The van der Waals surface area contributed by atoms with E-state index in [4.69, 9.17) is 0 Å². The van der Waals surface area contributed by atoms with Gasteiger partial charge in [-0.3, -0.25) is 0 Å². The molecular formula is C60H43N3SSi. The summed E-state index contributed by atoms with van der Waals surface area (Å²) in [5.74, 6) is 0. The first-order valence-corrected chi connectivity index (χ1v) is 26.2. The first kappa shape index (κ1) is 37.8. The molecule has 0 saturated carbocycles. The van der Waals surface area contributed by atoms with Crippen LogP contribution in [-0.4, -0.2) is 12.6 Å². The van der Waals surface area contributed by atoms with E-state index in [0.717, 1.165) is 39.8 Å². The van der Waals surface area contributed by atoms with Crippen LogP contribution in [-0.2, 0) is 0 Å². The highest BCUT2D eigenvalue weighted by atomic mass is 32.1. The highest BCUT2D eigenvalue weighted by Gasteiger charge is 2.38. The van der Waals surface area contributed by atoms with E-state index in [0.29, 0.717) is 0 Å². The standard InChI is InChI=1S/C60H43N3SSi/c1-65(2)59-33-29-45(36-53(59)54-37-46(30-34-60(54)65)62(43-19-7-4-8-20-43)48-28-32-52-51-22-12-14-24-57(51)64-58(52)39-48)61(42-17-5-3-6-18-42)47-27-31-50-49-21-11-13-23-55(49)63(56(50)38-47)44-26-25-40-15-9-10-16-41(40)35-44/h3-39H,1-2H3. The van der Waals surface area contributed by atoms with E-state index in [1.165, 1.54) is 74.3 Å². The number of fused-ring (bicyclic) bond motifs is 10. The van der Waals surface area contributed by atoms with Crippen molar-refractivity contribution < 1.29 is 0 Å². The predicted octanol–water partition coefficient (Wildman–Crippen LogP) is 16.0. The van der Waals surface area contributed by atoms with Gasteiger partial charge in [0.25, 0.3) is 0 Å². The number of benzene rings is 10. The lowest BCUT2D eigenvalue weighted by Gasteiger charge is -2.27. The van der Waals surface area contributed by atoms with Gasteiger partial charge in [0.15, 0.2) is 0 Å². The molecule has 0 fully saturated rings. The third-order valence-corrected chi connectivity index (χ3v) is 18.4. The number of thiophene rings is 1. The number of para-hydroxylation sites is 3. The van der Waals surface area contributed by atoms with Gasteiger partial charge in [-0.1, -0.05) is 140 Å². The van der Waals surface area contributed by atoms with Gasteiger partial charge in [-0.2, -0.15) is 0 Å². The fraction of sp³-hybridized carbons (Fsp3) is 0.0333. The van der Waals surface area contributed by atoms with E-state index in [9.17, 15) is 0 Å². The Bertz CT molecular complexity index is 3830. The summed E-state index contributed by atoms with van der Waals surface area (Å²) in [6, 6.07) is 83.2. The molecule has 0 amide bonds. The Kier molecular flexibility index (Phi) is 8.54. The maximum Gasteiger partial charge on any atom is 0.113 e. The molecule has 13 rings (SSSR count). The minimum Gasteiger partial charge on any atom is -0.310 e. The first-order valence-electron chi connectivity index (χ1n) is 22.4. The Balaban J connectivity index is 0.974. The summed E-state index contributed by atoms with van der Waals surface area (Å²) in [7, 11) is -2.03. The minimum atomic E-state index is -2.03. The second-order valence-electron chi connectivity index (χ2n) is 17.8. The van der Waals surface area contributed by atoms with Crippen molar-refractivity contribution in [2.24, 2.45) is 0 Å². The molecule has 3 nitrogen and oxygen atoms in total. The van der Waals surface area contributed by atoms with Gasteiger partial charge in [0, 0.05) is 70.8 Å². The molecule has 0 saturated heterocycles. The molecule has 1 aliphatic heterocycles. The Morgan fingerprint density at radius 2 is 0.862 bits per heavy atom. The molecule has 10 aromatic carbocycles. The van der Waals surface area contributed by atoms with Crippen LogP contribution in [0.2, 0.25) is 13.1 Å². The zero-order chi connectivity index (χ0) is 43.2. The molecule has 0 bridgehead atoms. The monoisotopic (exact) mass is 865 g/mol. The highest BCUT2D eigenvalue weighted by Crippen LogP contribution is 2.45. The van der Waals surface area contributed by atoms with E-state index in [1.807, 2.05) is 11.3 Å². The fourth-order valence-corrected chi connectivity index (χ4v) is 14.8. The van der Waals surface area contributed by atoms with E-state index in [2.05, 4.69) is 252 Å². The van der Waals surface area contributed by atoms with Gasteiger partial charge in [-0.05, 0) is 129 Å². The summed E-state index contributed by atoms with van der Waals surface area (Å²) in [5, 5.41) is 10.5. The van der Waals surface area contributed by atoms with E-state index in [1.54, 1.807) is 0 Å². The Labute approximate surface area is 383 Å². The largest absolute Gasteiger partial charge is 0.310 e. The molecule has 1 aliphatic rings. The molecule has 0 atom stereocenters. The summed E-state index contributed by atoms with van der Waals surface area (Å²) in [5.41, 5.74) is 13.0. The van der Waals surface area contributed by atoms with Crippen molar-refractivity contribution >= 4 is 117 Å². The summed E-state index contributed by atoms with van der Waals surface area (Å²) in [4.78, 5) is 4.87. The van der Waals surface area contributed by atoms with Crippen molar-refractivity contribution in [3.63, 3.8) is 0 Å². The molecule has 65 heavy (non-hydrogen) atoms. The number of anilines is 6. The normalized spacial score (nSPS) is 12.9. The predicted molar refractivity (Wildman–Crippen MR) is 283 cm³/mol. The van der Waals surface area contributed by atoms with Crippen molar-refractivity contribution in [1.82, 2.24) is 4.57 Å². The van der Waals surface area contributed by atoms with Crippen molar-refractivity contribution in [3.05, 3.63) is 224 Å². The van der Waals surface area contributed by atoms with Crippen LogP contribution in [0.5, 0.6) is 0 Å². The maximum atomic E-state index is 2.51. The summed E-state index contributed by atoms with van der Waals surface area (Å²) in [6.45, 7) is 5.02. The molecule has 5 heteroatoms. The maximum absolute atomic E-state index is 2.51. The topological polar surface area (TPSA) is 11.4 Å². The van der Waals surface area contributed by atoms with Crippen molar-refractivity contribution in [3.8, 4) is 16.8 Å². The highest BCUT2D eigenvalue weighted by molar-refractivity contribution is 7.25. The van der Waals surface area contributed by atoms with Crippen LogP contribution >= 0.6 is 11.3 Å². The average Bonchev–Trinajstić information content (AvgIpc) is 3.96. The summed E-state index contributed by atoms with van der Waals surface area (Å²) in [6.07, 6.45) is 0. The number of hydrogen-bond acceptors (Lipinski definition) is 3. The molecule has 308 valence electrons. The molecule has 3 heterocycles. The SMILES string of the molecule is C[Si]1(C)c2ccc(N(c3ccccc3)c3ccc4c(c3)sc3ccccc34)cc2-c2cc(N(c3ccccc3)c3ccc4c5ccccc5n(-c5ccc6ccccc6c5)c4c3)ccc21. The summed E-state index contributed by atoms with van der Waals surface area (Å²) < 4.78 is 5.06. The zero-order valence-electron chi connectivity index (χ0n) is 36.1. The first-order chi connectivity index (χ1) is 32.0. The van der Waals surface area contributed by atoms with Gasteiger partial charge in [-0.15, -0.1) is 11.3 Å². The van der Waals surface area contributed by atoms with Crippen LogP contribution in [0.15, 0.2) is 224 Å².